The maximum atomic E-state index is 12.2. The highest BCUT2D eigenvalue weighted by molar-refractivity contribution is 5.78. The number of hydrogen-bond donors (Lipinski definition) is 1. The van der Waals surface area contributed by atoms with E-state index in [2.05, 4.69) is 5.32 Å². The highest BCUT2D eigenvalue weighted by Gasteiger charge is 2.21. The normalized spacial score (nSPS) is 15.2. The topological polar surface area (TPSA) is 56.8 Å². The summed E-state index contributed by atoms with van der Waals surface area (Å²) in [4.78, 5) is 12.2. The molecule has 5 nitrogen and oxygen atoms in total. The van der Waals surface area contributed by atoms with E-state index in [-0.39, 0.29) is 11.8 Å². The number of methoxy groups -OCH3 is 3. The summed E-state index contributed by atoms with van der Waals surface area (Å²) in [5.74, 6) is 2.07. The second-order valence-corrected chi connectivity index (χ2v) is 5.59. The van der Waals surface area contributed by atoms with Crippen LogP contribution in [-0.2, 0) is 11.3 Å². The first-order valence-corrected chi connectivity index (χ1v) is 7.76. The molecule has 0 unspecified atom stereocenters. The molecule has 0 heterocycles. The van der Waals surface area contributed by atoms with Gasteiger partial charge in [-0.15, -0.1) is 0 Å². The lowest BCUT2D eigenvalue weighted by molar-refractivity contribution is -0.126. The maximum Gasteiger partial charge on any atom is 0.223 e. The minimum atomic E-state index is 0.147. The molecule has 0 atom stereocenters. The number of benzene rings is 1. The summed E-state index contributed by atoms with van der Waals surface area (Å²) >= 11 is 0. The van der Waals surface area contributed by atoms with E-state index in [4.69, 9.17) is 14.2 Å². The van der Waals surface area contributed by atoms with Crippen LogP contribution in [0.4, 0.5) is 0 Å². The molecule has 1 aromatic rings. The summed E-state index contributed by atoms with van der Waals surface area (Å²) in [7, 11) is 4.74. The van der Waals surface area contributed by atoms with Gasteiger partial charge in [0.2, 0.25) is 11.7 Å². The summed E-state index contributed by atoms with van der Waals surface area (Å²) in [5.41, 5.74) is 0.929. The van der Waals surface area contributed by atoms with E-state index >= 15 is 0 Å². The Kier molecular flexibility index (Phi) is 5.92. The molecule has 0 radical (unpaired) electrons. The highest BCUT2D eigenvalue weighted by atomic mass is 16.5. The molecule has 1 saturated carbocycles. The lowest BCUT2D eigenvalue weighted by atomic mass is 9.88. The van der Waals surface area contributed by atoms with Crippen LogP contribution in [0.2, 0.25) is 0 Å². The number of amides is 1. The third-order valence-corrected chi connectivity index (χ3v) is 4.17. The molecule has 22 heavy (non-hydrogen) atoms. The number of rotatable bonds is 6. The molecule has 1 amide bonds. The molecule has 0 bridgehead atoms. The maximum absolute atomic E-state index is 12.2. The van der Waals surface area contributed by atoms with E-state index in [1.165, 1.54) is 6.42 Å². The Bertz CT molecular complexity index is 484. The van der Waals surface area contributed by atoms with Gasteiger partial charge in [-0.1, -0.05) is 19.3 Å². The summed E-state index contributed by atoms with van der Waals surface area (Å²) in [6, 6.07) is 3.73. The number of hydrogen-bond acceptors (Lipinski definition) is 4. The Morgan fingerprint density at radius 3 is 2.14 bits per heavy atom. The Hall–Kier alpha value is -1.91. The van der Waals surface area contributed by atoms with E-state index < -0.39 is 0 Å². The monoisotopic (exact) mass is 307 g/mol. The zero-order chi connectivity index (χ0) is 15.9. The van der Waals surface area contributed by atoms with Crippen LogP contribution in [0.3, 0.4) is 0 Å². The fourth-order valence-electron chi connectivity index (χ4n) is 2.94. The van der Waals surface area contributed by atoms with Gasteiger partial charge in [0.15, 0.2) is 11.5 Å². The van der Waals surface area contributed by atoms with Crippen LogP contribution >= 0.6 is 0 Å². The zero-order valence-corrected chi connectivity index (χ0v) is 13.6. The van der Waals surface area contributed by atoms with Crippen LogP contribution in [-0.4, -0.2) is 27.2 Å². The van der Waals surface area contributed by atoms with Gasteiger partial charge in [-0.2, -0.15) is 0 Å². The minimum Gasteiger partial charge on any atom is -0.493 e. The van der Waals surface area contributed by atoms with Crippen LogP contribution in [0, 0.1) is 5.92 Å². The number of ether oxygens (including phenoxy) is 3. The van der Waals surface area contributed by atoms with E-state index in [1.807, 2.05) is 12.1 Å². The van der Waals surface area contributed by atoms with Crippen molar-refractivity contribution in [3.8, 4) is 17.2 Å². The fraction of sp³-hybridized carbons (Fsp3) is 0.588. The molecule has 1 N–H and O–H groups in total. The number of nitrogens with one attached hydrogen (secondary N) is 1. The van der Waals surface area contributed by atoms with E-state index in [1.54, 1.807) is 21.3 Å². The highest BCUT2D eigenvalue weighted by Crippen LogP contribution is 2.38. The largest absolute Gasteiger partial charge is 0.493 e. The van der Waals surface area contributed by atoms with Crippen molar-refractivity contribution in [3.05, 3.63) is 17.7 Å². The fourth-order valence-corrected chi connectivity index (χ4v) is 2.94. The van der Waals surface area contributed by atoms with Crippen LogP contribution in [0.15, 0.2) is 12.1 Å². The SMILES string of the molecule is COc1cc(CNC(=O)C2CCCCC2)cc(OC)c1OC. The molecule has 1 aromatic carbocycles. The molecule has 0 aromatic heterocycles. The van der Waals surface area contributed by atoms with Gasteiger partial charge in [-0.05, 0) is 30.5 Å². The van der Waals surface area contributed by atoms with Gasteiger partial charge >= 0.3 is 0 Å². The minimum absolute atomic E-state index is 0.147. The predicted octanol–water partition coefficient (Wildman–Crippen LogP) is 2.91. The quantitative estimate of drug-likeness (QED) is 0.878. The van der Waals surface area contributed by atoms with Crippen molar-refractivity contribution in [1.82, 2.24) is 5.32 Å². The molecule has 1 fully saturated rings. The van der Waals surface area contributed by atoms with Gasteiger partial charge in [0.05, 0.1) is 21.3 Å². The molecule has 2 rings (SSSR count). The number of carbonyl (C=O) groups excluding carboxylic acids is 1. The van der Waals surface area contributed by atoms with Gasteiger partial charge in [-0.3, -0.25) is 4.79 Å². The van der Waals surface area contributed by atoms with E-state index in [0.29, 0.717) is 23.8 Å². The van der Waals surface area contributed by atoms with Crippen molar-refractivity contribution in [2.24, 2.45) is 5.92 Å². The summed E-state index contributed by atoms with van der Waals surface area (Å²) in [6.07, 6.45) is 5.56. The lowest BCUT2D eigenvalue weighted by Gasteiger charge is -2.21. The van der Waals surface area contributed by atoms with Crippen LogP contribution in [0.25, 0.3) is 0 Å². The third kappa shape index (κ3) is 3.84. The Morgan fingerprint density at radius 1 is 1.05 bits per heavy atom. The molecular formula is C17H25NO4. The van der Waals surface area contributed by atoms with Gasteiger partial charge in [0, 0.05) is 12.5 Å². The first-order chi connectivity index (χ1) is 10.7. The van der Waals surface area contributed by atoms with Crippen molar-refractivity contribution in [2.75, 3.05) is 21.3 Å². The van der Waals surface area contributed by atoms with Crippen molar-refractivity contribution in [2.45, 2.75) is 38.6 Å². The smallest absolute Gasteiger partial charge is 0.223 e. The van der Waals surface area contributed by atoms with Crippen molar-refractivity contribution in [1.29, 1.82) is 0 Å². The Morgan fingerprint density at radius 2 is 1.64 bits per heavy atom. The third-order valence-electron chi connectivity index (χ3n) is 4.17. The Balaban J connectivity index is 2.04. The summed E-state index contributed by atoms with van der Waals surface area (Å²) < 4.78 is 15.9. The molecule has 0 aliphatic heterocycles. The molecular weight excluding hydrogens is 282 g/mol. The van der Waals surface area contributed by atoms with Crippen LogP contribution < -0.4 is 19.5 Å². The van der Waals surface area contributed by atoms with Gasteiger partial charge in [0.1, 0.15) is 0 Å². The van der Waals surface area contributed by atoms with Gasteiger partial charge in [0.25, 0.3) is 0 Å². The van der Waals surface area contributed by atoms with Gasteiger partial charge < -0.3 is 19.5 Å². The van der Waals surface area contributed by atoms with Crippen molar-refractivity contribution < 1.29 is 19.0 Å². The van der Waals surface area contributed by atoms with Crippen molar-refractivity contribution in [3.63, 3.8) is 0 Å². The van der Waals surface area contributed by atoms with E-state index in [9.17, 15) is 4.79 Å². The second kappa shape index (κ2) is 7.92. The number of carbonyl (C=O) groups is 1. The molecule has 122 valence electrons. The lowest BCUT2D eigenvalue weighted by Crippen LogP contribution is -2.31. The predicted molar refractivity (Wildman–Crippen MR) is 84.5 cm³/mol. The first-order valence-electron chi connectivity index (χ1n) is 7.76. The molecule has 0 saturated heterocycles. The second-order valence-electron chi connectivity index (χ2n) is 5.59. The van der Waals surface area contributed by atoms with Crippen LogP contribution in [0.1, 0.15) is 37.7 Å². The summed E-state index contributed by atoms with van der Waals surface area (Å²) in [5, 5.41) is 3.02. The van der Waals surface area contributed by atoms with Crippen LogP contribution in [0.5, 0.6) is 17.2 Å². The van der Waals surface area contributed by atoms with Gasteiger partial charge in [-0.25, -0.2) is 0 Å². The Labute approximate surface area is 131 Å². The zero-order valence-electron chi connectivity index (χ0n) is 13.6. The average Bonchev–Trinajstić information content (AvgIpc) is 2.59. The molecule has 1 aliphatic rings. The standard InChI is InChI=1S/C17H25NO4/c1-20-14-9-12(10-15(21-2)16(14)22-3)11-18-17(19)13-7-5-4-6-8-13/h9-10,13H,4-8,11H2,1-3H3,(H,18,19). The molecule has 1 aliphatic carbocycles. The first kappa shape index (κ1) is 16.5. The molecule has 0 spiro atoms. The van der Waals surface area contributed by atoms with Crippen molar-refractivity contribution >= 4 is 5.91 Å². The van der Waals surface area contributed by atoms with E-state index in [0.717, 1.165) is 31.2 Å². The molecule has 5 heteroatoms. The summed E-state index contributed by atoms with van der Waals surface area (Å²) in [6.45, 7) is 0.464. The average molecular weight is 307 g/mol.